The van der Waals surface area contributed by atoms with Gasteiger partial charge in [-0.2, -0.15) is 5.26 Å². The first kappa shape index (κ1) is 15.9. The molecule has 7 heteroatoms. The lowest BCUT2D eigenvalue weighted by Crippen LogP contribution is -2.32. The first-order valence-electron chi connectivity index (χ1n) is 6.41. The summed E-state index contributed by atoms with van der Waals surface area (Å²) in [6.07, 6.45) is 2.82. The molecule has 0 fully saturated rings. The predicted octanol–water partition coefficient (Wildman–Crippen LogP) is 2.07. The molecular formula is C13H18N4O3. The van der Waals surface area contributed by atoms with Crippen molar-refractivity contribution in [3.8, 4) is 6.07 Å². The summed E-state index contributed by atoms with van der Waals surface area (Å²) in [6, 6.07) is 3.09. The molecule has 1 heterocycles. The summed E-state index contributed by atoms with van der Waals surface area (Å²) in [5, 5.41) is 32.4. The molecule has 2 N–H and O–H groups in total. The van der Waals surface area contributed by atoms with Crippen LogP contribution < -0.4 is 5.32 Å². The Kier molecular flexibility index (Phi) is 5.41. The highest BCUT2D eigenvalue weighted by Gasteiger charge is 2.27. The SMILES string of the molecule is CCC(CC)(CO)CNc1nccc(C#N)c1[N+](=O)[O-]. The first-order valence-corrected chi connectivity index (χ1v) is 6.41. The number of nitrogens with one attached hydrogen (secondary N) is 1. The number of hydrogen-bond acceptors (Lipinski definition) is 6. The van der Waals surface area contributed by atoms with Gasteiger partial charge in [0.05, 0.1) is 11.5 Å². The van der Waals surface area contributed by atoms with Gasteiger partial charge in [-0.3, -0.25) is 10.1 Å². The third-order valence-electron chi connectivity index (χ3n) is 3.69. The van der Waals surface area contributed by atoms with E-state index in [0.29, 0.717) is 6.54 Å². The Hall–Kier alpha value is -2.20. The molecule has 1 aromatic heterocycles. The van der Waals surface area contributed by atoms with Crippen LogP contribution in [-0.4, -0.2) is 28.2 Å². The maximum Gasteiger partial charge on any atom is 0.328 e. The van der Waals surface area contributed by atoms with E-state index >= 15 is 0 Å². The number of pyridine rings is 1. The summed E-state index contributed by atoms with van der Waals surface area (Å²) in [7, 11) is 0. The minimum absolute atomic E-state index is 0.0151. The average Bonchev–Trinajstić information content (AvgIpc) is 2.48. The summed E-state index contributed by atoms with van der Waals surface area (Å²) in [4.78, 5) is 14.4. The number of rotatable bonds is 7. The molecule has 1 rings (SSSR count). The molecule has 0 spiro atoms. The molecule has 0 amide bonds. The van der Waals surface area contributed by atoms with Crippen LogP contribution in [0.15, 0.2) is 12.3 Å². The van der Waals surface area contributed by atoms with E-state index in [9.17, 15) is 15.2 Å². The van der Waals surface area contributed by atoms with Gasteiger partial charge in [-0.25, -0.2) is 4.98 Å². The summed E-state index contributed by atoms with van der Waals surface area (Å²) in [5.41, 5.74) is -0.706. The van der Waals surface area contributed by atoms with Crippen molar-refractivity contribution in [1.29, 1.82) is 5.26 Å². The lowest BCUT2D eigenvalue weighted by molar-refractivity contribution is -0.384. The molecule has 0 aliphatic heterocycles. The Morgan fingerprint density at radius 3 is 2.65 bits per heavy atom. The van der Waals surface area contributed by atoms with Crippen LogP contribution in [0.1, 0.15) is 32.3 Å². The maximum absolute atomic E-state index is 11.1. The van der Waals surface area contributed by atoms with Crippen LogP contribution in [-0.2, 0) is 0 Å². The number of nitriles is 1. The smallest absolute Gasteiger partial charge is 0.328 e. The van der Waals surface area contributed by atoms with Gasteiger partial charge in [0.1, 0.15) is 11.6 Å². The lowest BCUT2D eigenvalue weighted by Gasteiger charge is -2.29. The van der Waals surface area contributed by atoms with Crippen molar-refractivity contribution < 1.29 is 10.0 Å². The lowest BCUT2D eigenvalue weighted by atomic mass is 9.83. The van der Waals surface area contributed by atoms with Crippen LogP contribution in [0.3, 0.4) is 0 Å². The van der Waals surface area contributed by atoms with Gasteiger partial charge in [-0.05, 0) is 18.9 Å². The number of anilines is 1. The standard InChI is InChI=1S/C13H18N4O3/c1-3-13(4-2,9-18)8-16-12-11(17(19)20)10(7-14)5-6-15-12/h5-6,18H,3-4,8-9H2,1-2H3,(H,15,16). The predicted molar refractivity (Wildman–Crippen MR) is 74.2 cm³/mol. The molecule has 0 unspecified atom stereocenters. The van der Waals surface area contributed by atoms with Crippen LogP contribution in [0.2, 0.25) is 0 Å². The average molecular weight is 278 g/mol. The van der Waals surface area contributed by atoms with Gasteiger partial charge in [0, 0.05) is 18.2 Å². The van der Waals surface area contributed by atoms with Gasteiger partial charge in [-0.15, -0.1) is 0 Å². The molecule has 20 heavy (non-hydrogen) atoms. The summed E-state index contributed by atoms with van der Waals surface area (Å²) in [5.74, 6) is 0.0637. The Morgan fingerprint density at radius 2 is 2.20 bits per heavy atom. The van der Waals surface area contributed by atoms with Crippen LogP contribution in [0, 0.1) is 26.9 Å². The largest absolute Gasteiger partial charge is 0.396 e. The number of aliphatic hydroxyl groups excluding tert-OH is 1. The highest BCUT2D eigenvalue weighted by Crippen LogP contribution is 2.29. The van der Waals surface area contributed by atoms with E-state index in [0.717, 1.165) is 12.8 Å². The molecular weight excluding hydrogens is 260 g/mol. The van der Waals surface area contributed by atoms with Crippen molar-refractivity contribution in [2.45, 2.75) is 26.7 Å². The first-order chi connectivity index (χ1) is 9.53. The van der Waals surface area contributed by atoms with E-state index in [1.807, 2.05) is 13.8 Å². The fraction of sp³-hybridized carbons (Fsp3) is 0.538. The monoisotopic (exact) mass is 278 g/mol. The van der Waals surface area contributed by atoms with Crippen LogP contribution in [0.4, 0.5) is 11.5 Å². The number of nitrogens with zero attached hydrogens (tertiary/aromatic N) is 3. The molecule has 0 atom stereocenters. The second kappa shape index (κ2) is 6.82. The Balaban J connectivity index is 3.05. The van der Waals surface area contributed by atoms with Crippen molar-refractivity contribution in [2.24, 2.45) is 5.41 Å². The van der Waals surface area contributed by atoms with E-state index in [2.05, 4.69) is 10.3 Å². The zero-order valence-electron chi connectivity index (χ0n) is 11.6. The molecule has 0 saturated carbocycles. The normalized spacial score (nSPS) is 10.9. The molecule has 0 aliphatic carbocycles. The van der Waals surface area contributed by atoms with E-state index in [1.165, 1.54) is 12.3 Å². The third kappa shape index (κ3) is 3.22. The fourth-order valence-corrected chi connectivity index (χ4v) is 1.91. The quantitative estimate of drug-likeness (QED) is 0.583. The zero-order chi connectivity index (χ0) is 15.2. The van der Waals surface area contributed by atoms with Crippen molar-refractivity contribution in [2.75, 3.05) is 18.5 Å². The highest BCUT2D eigenvalue weighted by atomic mass is 16.6. The Morgan fingerprint density at radius 1 is 1.55 bits per heavy atom. The summed E-state index contributed by atoms with van der Waals surface area (Å²) in [6.45, 7) is 4.25. The topological polar surface area (TPSA) is 112 Å². The van der Waals surface area contributed by atoms with E-state index in [-0.39, 0.29) is 29.1 Å². The Bertz CT molecular complexity index is 513. The van der Waals surface area contributed by atoms with Crippen molar-refractivity contribution >= 4 is 11.5 Å². The molecule has 0 saturated heterocycles. The van der Waals surface area contributed by atoms with Gasteiger partial charge >= 0.3 is 5.69 Å². The van der Waals surface area contributed by atoms with E-state index in [1.54, 1.807) is 6.07 Å². The minimum atomic E-state index is -0.619. The van der Waals surface area contributed by atoms with Crippen molar-refractivity contribution in [1.82, 2.24) is 4.98 Å². The van der Waals surface area contributed by atoms with Crippen LogP contribution >= 0.6 is 0 Å². The van der Waals surface area contributed by atoms with Gasteiger partial charge in [0.25, 0.3) is 0 Å². The number of hydrogen-bond donors (Lipinski definition) is 2. The van der Waals surface area contributed by atoms with Gasteiger partial charge in [0.15, 0.2) is 0 Å². The third-order valence-corrected chi connectivity index (χ3v) is 3.69. The van der Waals surface area contributed by atoms with E-state index in [4.69, 9.17) is 5.26 Å². The Labute approximate surface area is 117 Å². The molecule has 0 aliphatic rings. The summed E-state index contributed by atoms with van der Waals surface area (Å²) >= 11 is 0. The zero-order valence-corrected chi connectivity index (χ0v) is 11.6. The minimum Gasteiger partial charge on any atom is -0.396 e. The van der Waals surface area contributed by atoms with Crippen molar-refractivity contribution in [3.63, 3.8) is 0 Å². The molecule has 0 aromatic carbocycles. The van der Waals surface area contributed by atoms with Gasteiger partial charge in [0.2, 0.25) is 5.82 Å². The molecule has 0 bridgehead atoms. The molecule has 108 valence electrons. The second-order valence-corrected chi connectivity index (χ2v) is 4.64. The number of aromatic nitrogens is 1. The number of nitro groups is 1. The molecule has 7 nitrogen and oxygen atoms in total. The van der Waals surface area contributed by atoms with Gasteiger partial charge < -0.3 is 10.4 Å². The van der Waals surface area contributed by atoms with E-state index < -0.39 is 4.92 Å². The fourth-order valence-electron chi connectivity index (χ4n) is 1.91. The summed E-state index contributed by atoms with van der Waals surface area (Å²) < 4.78 is 0. The van der Waals surface area contributed by atoms with Crippen LogP contribution in [0.25, 0.3) is 0 Å². The molecule has 1 aromatic rings. The van der Waals surface area contributed by atoms with Crippen molar-refractivity contribution in [3.05, 3.63) is 27.9 Å². The van der Waals surface area contributed by atoms with Crippen LogP contribution in [0.5, 0.6) is 0 Å². The second-order valence-electron chi connectivity index (χ2n) is 4.64. The highest BCUT2D eigenvalue weighted by molar-refractivity contribution is 5.64. The maximum atomic E-state index is 11.1. The van der Waals surface area contributed by atoms with Gasteiger partial charge in [-0.1, -0.05) is 13.8 Å². The molecule has 0 radical (unpaired) electrons. The number of aliphatic hydroxyl groups is 1.